The minimum absolute atomic E-state index is 0.0188. The molecular formula is C26H23N3O10S4. The predicted molar refractivity (Wildman–Crippen MR) is 163 cm³/mol. The molecule has 13 nitrogen and oxygen atoms in total. The molecule has 1 aromatic heterocycles. The molecular weight excluding hydrogens is 643 g/mol. The molecule has 3 aliphatic rings. The molecule has 3 aliphatic heterocycles. The normalized spacial score (nSPS) is 18.6. The van der Waals surface area contributed by atoms with Gasteiger partial charge in [0.05, 0.1) is 21.7 Å². The Morgan fingerprint density at radius 3 is 2.30 bits per heavy atom. The Bertz CT molecular complexity index is 1810. The van der Waals surface area contributed by atoms with Crippen molar-refractivity contribution in [3.05, 3.63) is 42.3 Å². The van der Waals surface area contributed by atoms with Gasteiger partial charge in [-0.05, 0) is 17.6 Å². The minimum atomic E-state index is -1.31. The Morgan fingerprint density at radius 1 is 1.00 bits per heavy atom. The predicted octanol–water partition coefficient (Wildman–Crippen LogP) is 1.51. The maximum Gasteiger partial charge on any atom is 0.323 e. The van der Waals surface area contributed by atoms with Crippen LogP contribution >= 0.6 is 47.1 Å². The van der Waals surface area contributed by atoms with Crippen LogP contribution in [0.4, 0.5) is 5.69 Å². The first-order valence-corrected chi connectivity index (χ1v) is 15.5. The number of anilines is 1. The summed E-state index contributed by atoms with van der Waals surface area (Å²) in [6, 6.07) is 3.60. The topological polar surface area (TPSA) is 176 Å². The standard InChI is InChI=1S/C26H23N3O10S4/c1-11(2)12(24-27(4-3-18(30)31)13-6-14-15(39-10-38-14)7-16(13)41-24)5-17-22(36)28(8-19(32)33)25(42-17)21-23(37)29(9-20(34)35)26(40)43-21/h5-7,11H,3-4,8-10H2,1-2H3,(H,30,31)(H,32,33)(H,34,35). The van der Waals surface area contributed by atoms with E-state index in [1.165, 1.54) is 11.8 Å². The van der Waals surface area contributed by atoms with E-state index >= 15 is 0 Å². The zero-order chi connectivity index (χ0) is 31.2. The molecule has 0 unspecified atom stereocenters. The van der Waals surface area contributed by atoms with Gasteiger partial charge in [0.2, 0.25) is 6.79 Å². The number of ether oxygens (including phenoxy) is 2. The summed E-state index contributed by atoms with van der Waals surface area (Å²) in [4.78, 5) is 64.7. The highest BCUT2D eigenvalue weighted by Gasteiger charge is 2.36. The van der Waals surface area contributed by atoms with E-state index < -0.39 is 42.5 Å². The molecule has 0 spiro atoms. The summed E-state index contributed by atoms with van der Waals surface area (Å²) >= 11 is 8.27. The van der Waals surface area contributed by atoms with E-state index in [1.807, 2.05) is 24.8 Å². The van der Waals surface area contributed by atoms with Gasteiger partial charge in [0.15, 0.2) is 11.5 Å². The molecule has 0 atom stereocenters. The summed E-state index contributed by atoms with van der Waals surface area (Å²) in [7, 11) is 0. The van der Waals surface area contributed by atoms with E-state index in [2.05, 4.69) is 0 Å². The van der Waals surface area contributed by atoms with E-state index in [9.17, 15) is 39.3 Å². The van der Waals surface area contributed by atoms with Crippen LogP contribution in [0.1, 0.15) is 20.3 Å². The first-order chi connectivity index (χ1) is 20.3. The minimum Gasteiger partial charge on any atom is -0.481 e. The highest BCUT2D eigenvalue weighted by Crippen LogP contribution is 2.53. The number of aromatic nitrogens is 1. The van der Waals surface area contributed by atoms with Gasteiger partial charge in [-0.1, -0.05) is 49.6 Å². The van der Waals surface area contributed by atoms with Gasteiger partial charge in [-0.3, -0.25) is 33.4 Å². The van der Waals surface area contributed by atoms with Crippen LogP contribution in [0.25, 0.3) is 11.0 Å². The lowest BCUT2D eigenvalue weighted by molar-refractivity contribution is -0.140. The summed E-state index contributed by atoms with van der Waals surface area (Å²) in [5.74, 6) is -3.39. The molecule has 3 N–H and O–H groups in total. The van der Waals surface area contributed by atoms with Gasteiger partial charge in [0.25, 0.3) is 11.5 Å². The summed E-state index contributed by atoms with van der Waals surface area (Å²) in [5.41, 5.74) is 0.755. The van der Waals surface area contributed by atoms with Crippen LogP contribution in [0.3, 0.4) is 0 Å². The molecule has 1 aromatic carbocycles. The number of thiazole rings is 1. The van der Waals surface area contributed by atoms with Crippen molar-refractivity contribution in [2.24, 2.45) is 5.92 Å². The number of allylic oxidation sites excluding steroid dienone is 1. The maximum atomic E-state index is 13.6. The lowest BCUT2D eigenvalue weighted by Crippen LogP contribution is -2.36. The van der Waals surface area contributed by atoms with Crippen LogP contribution < -0.4 is 29.1 Å². The van der Waals surface area contributed by atoms with Crippen molar-refractivity contribution in [1.29, 1.82) is 0 Å². The number of aliphatic carboxylic acids is 3. The van der Waals surface area contributed by atoms with Crippen LogP contribution in [0.5, 0.6) is 11.5 Å². The number of fused-ring (bicyclic) bond motifs is 2. The molecule has 5 rings (SSSR count). The number of carboxylic acid groups (broad SMARTS) is 3. The molecule has 4 heterocycles. The van der Waals surface area contributed by atoms with Crippen LogP contribution in [-0.4, -0.2) is 72.8 Å². The maximum absolute atomic E-state index is 13.6. The van der Waals surface area contributed by atoms with Crippen molar-refractivity contribution in [1.82, 2.24) is 9.47 Å². The molecule has 1 saturated heterocycles. The fourth-order valence-corrected chi connectivity index (χ4v) is 8.36. The number of carbonyl (C=O) groups excluding carboxylic acids is 1. The SMILES string of the molecule is CC(C)C(C=c1sc(=C2SC(=S)N(CC(=O)O)C2=O)n(CC(=O)O)c1=O)=C1Sc2cc3c(cc2N1CCC(=O)O)OCO3. The zero-order valence-corrected chi connectivity index (χ0v) is 25.8. The summed E-state index contributed by atoms with van der Waals surface area (Å²) < 4.78 is 12.2. The van der Waals surface area contributed by atoms with E-state index in [4.69, 9.17) is 21.7 Å². The van der Waals surface area contributed by atoms with E-state index in [0.29, 0.717) is 22.1 Å². The lowest BCUT2D eigenvalue weighted by atomic mass is 10.0. The summed E-state index contributed by atoms with van der Waals surface area (Å²) in [6.07, 6.45) is 1.46. The Hall–Kier alpha value is -3.80. The number of nitrogens with zero attached hydrogens (tertiary/aromatic N) is 3. The Kier molecular flexibility index (Phi) is 8.60. The summed E-state index contributed by atoms with van der Waals surface area (Å²) in [6.45, 7) is 2.62. The van der Waals surface area contributed by atoms with Crippen molar-refractivity contribution < 1.29 is 44.0 Å². The Balaban J connectivity index is 1.70. The third-order valence-electron chi connectivity index (χ3n) is 6.44. The zero-order valence-electron chi connectivity index (χ0n) is 22.5. The van der Waals surface area contributed by atoms with Gasteiger partial charge >= 0.3 is 17.9 Å². The van der Waals surface area contributed by atoms with Gasteiger partial charge in [0.1, 0.15) is 27.0 Å². The van der Waals surface area contributed by atoms with Crippen LogP contribution in [-0.2, 0) is 25.7 Å². The molecule has 2 aromatic rings. The first kappa shape index (κ1) is 30.7. The van der Waals surface area contributed by atoms with E-state index in [1.54, 1.807) is 12.1 Å². The number of thioether (sulfide) groups is 2. The first-order valence-electron chi connectivity index (χ1n) is 12.6. The van der Waals surface area contributed by atoms with Crippen molar-refractivity contribution in [3.8, 4) is 11.5 Å². The number of amides is 1. The quantitative estimate of drug-likeness (QED) is 0.329. The molecule has 17 heteroatoms. The second-order valence-corrected chi connectivity index (χ2v) is 13.4. The fourth-order valence-electron chi connectivity index (χ4n) is 4.50. The van der Waals surface area contributed by atoms with Crippen molar-refractivity contribution >= 4 is 91.9 Å². The molecule has 0 bridgehead atoms. The Morgan fingerprint density at radius 2 is 1.67 bits per heavy atom. The van der Waals surface area contributed by atoms with Gasteiger partial charge in [-0.2, -0.15) is 0 Å². The number of rotatable bonds is 9. The highest BCUT2D eigenvalue weighted by atomic mass is 32.2. The molecule has 0 saturated carbocycles. The van der Waals surface area contributed by atoms with Gasteiger partial charge in [-0.25, -0.2) is 0 Å². The highest BCUT2D eigenvalue weighted by molar-refractivity contribution is 8.30. The lowest BCUT2D eigenvalue weighted by Gasteiger charge is -2.23. The second-order valence-electron chi connectivity index (χ2n) is 9.67. The smallest absolute Gasteiger partial charge is 0.323 e. The average molecular weight is 666 g/mol. The number of hydrogen-bond donors (Lipinski definition) is 3. The van der Waals surface area contributed by atoms with Crippen LogP contribution in [0.15, 0.2) is 32.4 Å². The Labute approximate surface area is 260 Å². The number of thiocarbonyl (C=S) groups is 1. The van der Waals surface area contributed by atoms with Gasteiger partial charge in [-0.15, -0.1) is 11.3 Å². The molecule has 0 radical (unpaired) electrons. The largest absolute Gasteiger partial charge is 0.481 e. The van der Waals surface area contributed by atoms with Crippen molar-refractivity contribution in [2.75, 3.05) is 24.8 Å². The molecule has 226 valence electrons. The number of carboxylic acids is 3. The van der Waals surface area contributed by atoms with Gasteiger partial charge in [0, 0.05) is 23.6 Å². The van der Waals surface area contributed by atoms with Crippen molar-refractivity contribution in [3.63, 3.8) is 0 Å². The van der Waals surface area contributed by atoms with E-state index in [-0.39, 0.29) is 44.1 Å². The third-order valence-corrected chi connectivity index (χ3v) is 10.3. The van der Waals surface area contributed by atoms with Crippen LogP contribution in [0.2, 0.25) is 0 Å². The molecule has 1 amide bonds. The number of benzene rings is 1. The number of hydrogen-bond acceptors (Lipinski definition) is 12. The second kappa shape index (κ2) is 12.1. The van der Waals surface area contributed by atoms with Gasteiger partial charge < -0.3 is 29.7 Å². The third kappa shape index (κ3) is 6.02. The van der Waals surface area contributed by atoms with Crippen molar-refractivity contribution in [2.45, 2.75) is 31.7 Å². The van der Waals surface area contributed by atoms with E-state index in [0.717, 1.165) is 43.1 Å². The molecule has 0 aliphatic carbocycles. The fraction of sp³-hybridized carbons (Fsp3) is 0.308. The molecule has 43 heavy (non-hydrogen) atoms. The number of carbonyl (C=O) groups is 4. The monoisotopic (exact) mass is 665 g/mol. The molecule has 1 fully saturated rings. The summed E-state index contributed by atoms with van der Waals surface area (Å²) in [5, 5.41) is 28.8. The average Bonchev–Trinajstić information content (AvgIpc) is 3.66. The van der Waals surface area contributed by atoms with Crippen LogP contribution in [0, 0.1) is 5.92 Å².